The van der Waals surface area contributed by atoms with E-state index >= 15 is 0 Å². The zero-order chi connectivity index (χ0) is 15.4. The summed E-state index contributed by atoms with van der Waals surface area (Å²) in [7, 11) is -3.95. The van der Waals surface area contributed by atoms with Crippen LogP contribution in [0.1, 0.15) is 13.8 Å². The smallest absolute Gasteiger partial charge is 0.336 e. The molecule has 9 heteroatoms. The number of sulfonamides is 1. The van der Waals surface area contributed by atoms with Crippen LogP contribution in [0.5, 0.6) is 5.88 Å². The Hall–Kier alpha value is -1.71. The first-order chi connectivity index (χ1) is 9.19. The Kier molecular flexibility index (Phi) is 5.03. The fraction of sp³-hybridized carbons (Fsp3) is 0.455. The zero-order valence-electron chi connectivity index (χ0n) is 11.0. The minimum Gasteiger partial charge on any atom is -0.479 e. The fourth-order valence-electron chi connectivity index (χ4n) is 1.15. The van der Waals surface area contributed by atoms with E-state index in [1.165, 1.54) is 12.1 Å². The molecule has 1 aromatic heterocycles. The second kappa shape index (κ2) is 6.16. The van der Waals surface area contributed by atoms with Gasteiger partial charge in [-0.3, -0.25) is 0 Å². The number of aromatic nitrogens is 1. The number of carboxylic acid groups (broad SMARTS) is 1. The maximum Gasteiger partial charge on any atom is 0.336 e. The Balaban J connectivity index is 2.81. The van der Waals surface area contributed by atoms with E-state index in [9.17, 15) is 18.3 Å². The fourth-order valence-corrected chi connectivity index (χ4v) is 2.23. The molecule has 1 atom stereocenters. The Morgan fingerprint density at radius 3 is 2.60 bits per heavy atom. The molecule has 0 aromatic carbocycles. The van der Waals surface area contributed by atoms with E-state index < -0.39 is 28.1 Å². The minimum absolute atomic E-state index is 0.151. The lowest BCUT2D eigenvalue weighted by atomic mass is 10.1. The van der Waals surface area contributed by atoms with E-state index in [1.54, 1.807) is 6.92 Å². The van der Waals surface area contributed by atoms with Gasteiger partial charge in [0.15, 0.2) is 5.60 Å². The normalized spacial score (nSPS) is 14.6. The first kappa shape index (κ1) is 16.3. The molecule has 0 spiro atoms. The van der Waals surface area contributed by atoms with Crippen LogP contribution in [0.4, 0.5) is 0 Å². The van der Waals surface area contributed by atoms with Crippen molar-refractivity contribution in [3.05, 3.63) is 18.3 Å². The van der Waals surface area contributed by atoms with Crippen molar-refractivity contribution in [2.45, 2.75) is 24.3 Å². The van der Waals surface area contributed by atoms with E-state index in [-0.39, 0.29) is 10.8 Å². The molecule has 1 rings (SSSR count). The van der Waals surface area contributed by atoms with Gasteiger partial charge in [0.25, 0.3) is 0 Å². The third kappa shape index (κ3) is 4.15. The van der Waals surface area contributed by atoms with Gasteiger partial charge < -0.3 is 14.9 Å². The summed E-state index contributed by atoms with van der Waals surface area (Å²) in [6, 6.07) is 2.66. The Labute approximate surface area is 116 Å². The number of rotatable bonds is 7. The first-order valence-corrected chi connectivity index (χ1v) is 7.21. The molecule has 1 unspecified atom stereocenters. The standard InChI is InChI=1S/C11H16N2O6S/c1-3-19-9-5-4-8(6-12-9)20(17,18)13-7-11(2,16)10(14)15/h4-6,13,16H,3,7H2,1-2H3,(H,14,15). The number of nitrogens with one attached hydrogen (secondary N) is 1. The highest BCUT2D eigenvalue weighted by Crippen LogP contribution is 2.13. The molecule has 1 heterocycles. The highest BCUT2D eigenvalue weighted by Gasteiger charge is 2.31. The van der Waals surface area contributed by atoms with Crippen LogP contribution in [0.3, 0.4) is 0 Å². The second-order valence-corrected chi connectivity index (χ2v) is 5.94. The van der Waals surface area contributed by atoms with Gasteiger partial charge in [0.1, 0.15) is 4.90 Å². The summed E-state index contributed by atoms with van der Waals surface area (Å²) in [4.78, 5) is 14.3. The lowest BCUT2D eigenvalue weighted by Crippen LogP contribution is -2.46. The summed E-state index contributed by atoms with van der Waals surface area (Å²) in [5, 5.41) is 18.1. The van der Waals surface area contributed by atoms with Crippen LogP contribution in [-0.2, 0) is 14.8 Å². The van der Waals surface area contributed by atoms with Crippen molar-refractivity contribution in [2.24, 2.45) is 0 Å². The molecule has 0 aliphatic heterocycles. The molecule has 3 N–H and O–H groups in total. The van der Waals surface area contributed by atoms with Crippen molar-refractivity contribution < 1.29 is 28.2 Å². The number of hydrogen-bond donors (Lipinski definition) is 3. The molecule has 0 aliphatic carbocycles. The van der Waals surface area contributed by atoms with Crippen LogP contribution in [0, 0.1) is 0 Å². The summed E-state index contributed by atoms with van der Waals surface area (Å²) >= 11 is 0. The molecule has 0 aliphatic rings. The van der Waals surface area contributed by atoms with Crippen LogP contribution < -0.4 is 9.46 Å². The number of ether oxygens (including phenoxy) is 1. The van der Waals surface area contributed by atoms with Crippen LogP contribution in [-0.4, -0.2) is 48.3 Å². The van der Waals surface area contributed by atoms with E-state index in [1.807, 2.05) is 4.72 Å². The number of carbonyl (C=O) groups is 1. The molecule has 0 fully saturated rings. The third-order valence-electron chi connectivity index (χ3n) is 2.38. The average molecular weight is 304 g/mol. The van der Waals surface area contributed by atoms with Crippen molar-refractivity contribution in [1.82, 2.24) is 9.71 Å². The van der Waals surface area contributed by atoms with Crippen LogP contribution >= 0.6 is 0 Å². The van der Waals surface area contributed by atoms with Gasteiger partial charge in [-0.05, 0) is 19.9 Å². The van der Waals surface area contributed by atoms with E-state index in [4.69, 9.17) is 9.84 Å². The summed E-state index contributed by atoms with van der Waals surface area (Å²) in [6.45, 7) is 2.51. The number of nitrogens with zero attached hydrogens (tertiary/aromatic N) is 1. The van der Waals surface area contributed by atoms with Crippen LogP contribution in [0.2, 0.25) is 0 Å². The molecule has 20 heavy (non-hydrogen) atoms. The van der Waals surface area contributed by atoms with E-state index in [2.05, 4.69) is 4.98 Å². The monoisotopic (exact) mass is 304 g/mol. The first-order valence-electron chi connectivity index (χ1n) is 5.73. The van der Waals surface area contributed by atoms with Crippen molar-refractivity contribution in [3.63, 3.8) is 0 Å². The van der Waals surface area contributed by atoms with Gasteiger partial charge in [0, 0.05) is 6.07 Å². The molecule has 0 saturated heterocycles. The van der Waals surface area contributed by atoms with Gasteiger partial charge in [-0.1, -0.05) is 0 Å². The third-order valence-corrected chi connectivity index (χ3v) is 3.77. The van der Waals surface area contributed by atoms with Crippen molar-refractivity contribution >= 4 is 16.0 Å². The SMILES string of the molecule is CCOc1ccc(S(=O)(=O)NCC(C)(O)C(=O)O)cn1. The zero-order valence-corrected chi connectivity index (χ0v) is 11.8. The summed E-state index contributed by atoms with van der Waals surface area (Å²) in [5.41, 5.74) is -2.19. The minimum atomic E-state index is -3.95. The quantitative estimate of drug-likeness (QED) is 0.625. The Morgan fingerprint density at radius 2 is 2.15 bits per heavy atom. The number of carboxylic acids is 1. The predicted molar refractivity (Wildman–Crippen MR) is 68.9 cm³/mol. The number of aliphatic carboxylic acids is 1. The topological polar surface area (TPSA) is 126 Å². The molecular weight excluding hydrogens is 288 g/mol. The van der Waals surface area contributed by atoms with E-state index in [0.717, 1.165) is 13.1 Å². The molecule has 0 radical (unpaired) electrons. The molecule has 8 nitrogen and oxygen atoms in total. The van der Waals surface area contributed by atoms with Gasteiger partial charge in [-0.2, -0.15) is 0 Å². The van der Waals surface area contributed by atoms with E-state index in [0.29, 0.717) is 6.61 Å². The lowest BCUT2D eigenvalue weighted by Gasteiger charge is -2.18. The van der Waals surface area contributed by atoms with Gasteiger partial charge in [-0.25, -0.2) is 22.9 Å². The van der Waals surface area contributed by atoms with Crippen LogP contribution in [0.25, 0.3) is 0 Å². The summed E-state index contributed by atoms with van der Waals surface area (Å²) in [6.07, 6.45) is 1.09. The maximum atomic E-state index is 11.9. The number of pyridine rings is 1. The molecular formula is C11H16N2O6S. The molecule has 1 aromatic rings. The van der Waals surface area contributed by atoms with Gasteiger partial charge in [0.05, 0.1) is 19.3 Å². The van der Waals surface area contributed by atoms with Gasteiger partial charge in [-0.15, -0.1) is 0 Å². The molecule has 0 amide bonds. The Morgan fingerprint density at radius 1 is 1.50 bits per heavy atom. The van der Waals surface area contributed by atoms with Gasteiger partial charge >= 0.3 is 5.97 Å². The lowest BCUT2D eigenvalue weighted by molar-refractivity contribution is -0.155. The number of aliphatic hydroxyl groups is 1. The molecule has 0 bridgehead atoms. The molecule has 112 valence electrons. The highest BCUT2D eigenvalue weighted by molar-refractivity contribution is 7.89. The molecule has 0 saturated carbocycles. The van der Waals surface area contributed by atoms with Crippen LogP contribution in [0.15, 0.2) is 23.2 Å². The largest absolute Gasteiger partial charge is 0.479 e. The van der Waals surface area contributed by atoms with Crippen molar-refractivity contribution in [1.29, 1.82) is 0 Å². The maximum absolute atomic E-state index is 11.9. The summed E-state index contributed by atoms with van der Waals surface area (Å²) < 4.78 is 30.8. The average Bonchev–Trinajstić information content (AvgIpc) is 2.38. The highest BCUT2D eigenvalue weighted by atomic mass is 32.2. The van der Waals surface area contributed by atoms with Crippen molar-refractivity contribution in [3.8, 4) is 5.88 Å². The Bertz CT molecular complexity index is 567. The number of hydrogen-bond acceptors (Lipinski definition) is 6. The van der Waals surface area contributed by atoms with Gasteiger partial charge in [0.2, 0.25) is 15.9 Å². The second-order valence-electron chi connectivity index (χ2n) is 4.17. The summed E-state index contributed by atoms with van der Waals surface area (Å²) in [5.74, 6) is -1.24. The van der Waals surface area contributed by atoms with Crippen molar-refractivity contribution in [2.75, 3.05) is 13.2 Å². The predicted octanol–water partition coefficient (Wildman–Crippen LogP) is -0.406.